The Morgan fingerprint density at radius 2 is 2.17 bits per heavy atom. The summed E-state index contributed by atoms with van der Waals surface area (Å²) in [5.41, 5.74) is 2.84. The lowest BCUT2D eigenvalue weighted by molar-refractivity contribution is -0.117. The predicted octanol–water partition coefficient (Wildman–Crippen LogP) is 1.89. The molecule has 3 nitrogen and oxygen atoms in total. The first-order valence-electron chi connectivity index (χ1n) is 6.35. The lowest BCUT2D eigenvalue weighted by Gasteiger charge is -2.36. The van der Waals surface area contributed by atoms with Crippen molar-refractivity contribution in [2.24, 2.45) is 5.92 Å². The van der Waals surface area contributed by atoms with Gasteiger partial charge in [-0.25, -0.2) is 0 Å². The number of fused-ring (bicyclic) bond motifs is 1. The van der Waals surface area contributed by atoms with Crippen LogP contribution in [0.5, 0.6) is 0 Å². The second kappa shape index (κ2) is 3.10. The zero-order valence-electron chi connectivity index (χ0n) is 9.93. The van der Waals surface area contributed by atoms with E-state index in [-0.39, 0.29) is 11.2 Å². The van der Waals surface area contributed by atoms with E-state index >= 15 is 0 Å². The lowest BCUT2D eigenvalue weighted by atomic mass is 9.78. The van der Waals surface area contributed by atoms with E-state index in [1.165, 1.54) is 0 Å². The highest BCUT2D eigenvalue weighted by Crippen LogP contribution is 2.65. The van der Waals surface area contributed by atoms with E-state index in [1.807, 2.05) is 18.2 Å². The first-order chi connectivity index (χ1) is 8.77. The van der Waals surface area contributed by atoms with Crippen molar-refractivity contribution in [3.05, 3.63) is 47.2 Å². The smallest absolute Gasteiger partial charge is 0.213 e. The predicted molar refractivity (Wildman–Crippen MR) is 66.0 cm³/mol. The molecule has 2 fully saturated rings. The van der Waals surface area contributed by atoms with Crippen LogP contribution in [0.3, 0.4) is 0 Å². The van der Waals surface area contributed by atoms with E-state index in [2.05, 4.69) is 6.07 Å². The van der Waals surface area contributed by atoms with Crippen LogP contribution in [0.15, 0.2) is 36.0 Å². The molecule has 0 radical (unpaired) electrons. The number of likely N-dealkylation sites (tertiary alicyclic amines) is 1. The van der Waals surface area contributed by atoms with Crippen LogP contribution in [-0.4, -0.2) is 23.6 Å². The Bertz CT molecular complexity index is 604. The third-order valence-corrected chi connectivity index (χ3v) is 4.66. The molecular weight excluding hydrogens is 226 g/mol. The quantitative estimate of drug-likeness (QED) is 0.702. The first kappa shape index (κ1) is 10.1. The minimum Gasteiger partial charge on any atom is -0.318 e. The number of ketones is 1. The van der Waals surface area contributed by atoms with Crippen LogP contribution in [0.25, 0.3) is 0 Å². The Kier molecular flexibility index (Phi) is 1.74. The van der Waals surface area contributed by atoms with E-state index < -0.39 is 0 Å². The fraction of sp³-hybridized carbons (Fsp3) is 0.333. The van der Waals surface area contributed by atoms with Crippen LogP contribution in [0.2, 0.25) is 0 Å². The second-order valence-electron chi connectivity index (χ2n) is 5.40. The van der Waals surface area contributed by atoms with Crippen molar-refractivity contribution in [3.8, 4) is 0 Å². The van der Waals surface area contributed by atoms with Gasteiger partial charge < -0.3 is 4.90 Å². The minimum absolute atomic E-state index is 0.0330. The Morgan fingerprint density at radius 1 is 1.33 bits per heavy atom. The summed E-state index contributed by atoms with van der Waals surface area (Å²) in [7, 11) is 0. The Balaban J connectivity index is 1.96. The number of hydrogen-bond acceptors (Lipinski definition) is 2. The third-order valence-electron chi connectivity index (χ3n) is 4.66. The van der Waals surface area contributed by atoms with Crippen LogP contribution in [0.4, 0.5) is 0 Å². The van der Waals surface area contributed by atoms with Gasteiger partial charge in [-0.3, -0.25) is 9.59 Å². The summed E-state index contributed by atoms with van der Waals surface area (Å²) in [6, 6.07) is 7.84. The van der Waals surface area contributed by atoms with Crippen molar-refractivity contribution in [3.63, 3.8) is 0 Å². The molecule has 1 amide bonds. The molecule has 0 aromatic heterocycles. The third kappa shape index (κ3) is 1.00. The summed E-state index contributed by atoms with van der Waals surface area (Å²) in [5.74, 6) is 0.639. The van der Waals surface area contributed by atoms with Crippen molar-refractivity contribution in [2.45, 2.75) is 18.3 Å². The van der Waals surface area contributed by atoms with Gasteiger partial charge in [-0.05, 0) is 24.3 Å². The van der Waals surface area contributed by atoms with Crippen molar-refractivity contribution in [1.29, 1.82) is 0 Å². The van der Waals surface area contributed by atoms with E-state index in [0.717, 1.165) is 42.6 Å². The maximum absolute atomic E-state index is 12.1. The van der Waals surface area contributed by atoms with Gasteiger partial charge in [-0.15, -0.1) is 0 Å². The van der Waals surface area contributed by atoms with Crippen molar-refractivity contribution in [2.75, 3.05) is 6.54 Å². The minimum atomic E-state index is -0.0380. The van der Waals surface area contributed by atoms with Gasteiger partial charge >= 0.3 is 0 Å². The van der Waals surface area contributed by atoms with Crippen LogP contribution < -0.4 is 0 Å². The molecule has 2 atom stereocenters. The van der Waals surface area contributed by atoms with Crippen LogP contribution in [-0.2, 0) is 10.2 Å². The summed E-state index contributed by atoms with van der Waals surface area (Å²) in [6.07, 6.45) is 4.66. The molecule has 3 heteroatoms. The molecule has 4 rings (SSSR count). The van der Waals surface area contributed by atoms with Gasteiger partial charge in [-0.1, -0.05) is 24.3 Å². The molecule has 1 aromatic rings. The fourth-order valence-corrected chi connectivity index (χ4v) is 3.74. The maximum Gasteiger partial charge on any atom is 0.213 e. The van der Waals surface area contributed by atoms with Gasteiger partial charge in [-0.2, -0.15) is 0 Å². The number of benzene rings is 1. The summed E-state index contributed by atoms with van der Waals surface area (Å²) in [5, 5.41) is 0. The number of nitrogens with zero attached hydrogens (tertiary/aromatic N) is 1. The van der Waals surface area contributed by atoms with Gasteiger partial charge in [0.15, 0.2) is 5.78 Å². The highest BCUT2D eigenvalue weighted by atomic mass is 16.1. The average Bonchev–Trinajstić information content (AvgIpc) is 3.14. The van der Waals surface area contributed by atoms with Crippen LogP contribution in [0.1, 0.15) is 28.8 Å². The summed E-state index contributed by atoms with van der Waals surface area (Å²) < 4.78 is 0. The van der Waals surface area contributed by atoms with Gasteiger partial charge in [0.25, 0.3) is 0 Å². The van der Waals surface area contributed by atoms with Crippen LogP contribution in [0, 0.1) is 5.92 Å². The monoisotopic (exact) mass is 239 g/mol. The standard InChI is InChI=1S/C15H13NO2/c17-9-16-6-5-10-8-15(10)12-4-2-1-3-11(12)13(18)7-14(15)16/h1-4,7,9-10H,5-6,8H2/t10-,15+/m0/s1. The average molecular weight is 239 g/mol. The molecule has 3 aliphatic rings. The molecule has 0 N–H and O–H groups in total. The Labute approximate surface area is 105 Å². The number of amides is 1. The zero-order chi connectivity index (χ0) is 12.3. The number of rotatable bonds is 1. The zero-order valence-corrected chi connectivity index (χ0v) is 9.93. The normalized spacial score (nSPS) is 32.0. The highest BCUT2D eigenvalue weighted by molar-refractivity contribution is 6.08. The summed E-state index contributed by atoms with van der Waals surface area (Å²) in [4.78, 5) is 25.0. The molecule has 1 saturated carbocycles. The van der Waals surface area contributed by atoms with Crippen LogP contribution >= 0.6 is 0 Å². The van der Waals surface area contributed by atoms with E-state index in [4.69, 9.17) is 0 Å². The van der Waals surface area contributed by atoms with Crippen molar-refractivity contribution < 1.29 is 9.59 Å². The number of allylic oxidation sites excluding steroid dienone is 2. The van der Waals surface area contributed by atoms with Gasteiger partial charge in [0.05, 0.1) is 0 Å². The van der Waals surface area contributed by atoms with E-state index in [1.54, 1.807) is 11.0 Å². The largest absolute Gasteiger partial charge is 0.318 e. The summed E-state index contributed by atoms with van der Waals surface area (Å²) >= 11 is 0. The molecule has 1 aliphatic heterocycles. The van der Waals surface area contributed by atoms with Gasteiger partial charge in [0.2, 0.25) is 6.41 Å². The molecule has 1 saturated heterocycles. The van der Waals surface area contributed by atoms with E-state index in [0.29, 0.717) is 5.92 Å². The highest BCUT2D eigenvalue weighted by Gasteiger charge is 2.63. The van der Waals surface area contributed by atoms with E-state index in [9.17, 15) is 9.59 Å². The molecule has 0 unspecified atom stereocenters. The molecule has 18 heavy (non-hydrogen) atoms. The molecule has 1 heterocycles. The topological polar surface area (TPSA) is 37.4 Å². The Hall–Kier alpha value is -1.90. The lowest BCUT2D eigenvalue weighted by Crippen LogP contribution is -2.39. The molecule has 1 aromatic carbocycles. The first-order valence-corrected chi connectivity index (χ1v) is 6.35. The Morgan fingerprint density at radius 3 is 3.00 bits per heavy atom. The van der Waals surface area contributed by atoms with Crippen molar-refractivity contribution >= 4 is 12.2 Å². The maximum atomic E-state index is 12.1. The molecule has 1 spiro atoms. The molecular formula is C15H13NO2. The number of piperidine rings is 1. The molecule has 90 valence electrons. The molecule has 2 aliphatic carbocycles. The second-order valence-corrected chi connectivity index (χ2v) is 5.40. The SMILES string of the molecule is O=CN1CC[C@H]2C[C@@]23C1=CC(=O)c1ccccc13. The number of carbonyl (C=O) groups is 2. The fourth-order valence-electron chi connectivity index (χ4n) is 3.74. The van der Waals surface area contributed by atoms with Gasteiger partial charge in [0, 0.05) is 29.3 Å². The van der Waals surface area contributed by atoms with Crippen molar-refractivity contribution in [1.82, 2.24) is 4.90 Å². The van der Waals surface area contributed by atoms with Gasteiger partial charge in [0.1, 0.15) is 0 Å². The number of carbonyl (C=O) groups excluding carboxylic acids is 2. The summed E-state index contributed by atoms with van der Waals surface area (Å²) in [6.45, 7) is 0.747. The molecule has 0 bridgehead atoms. The number of hydrogen-bond donors (Lipinski definition) is 0.